The zero-order valence-electron chi connectivity index (χ0n) is 15.3. The maximum atomic E-state index is 9.50. The van der Waals surface area contributed by atoms with Crippen LogP contribution in [0.5, 0.6) is 0 Å². The number of nitrogens with zero attached hydrogens (tertiary/aromatic N) is 3. The van der Waals surface area contributed by atoms with Gasteiger partial charge >= 0.3 is 0 Å². The first-order chi connectivity index (χ1) is 12.7. The van der Waals surface area contributed by atoms with Crippen molar-refractivity contribution in [1.29, 1.82) is 0 Å². The summed E-state index contributed by atoms with van der Waals surface area (Å²) in [6.07, 6.45) is 3.81. The molecule has 26 heavy (non-hydrogen) atoms. The lowest BCUT2D eigenvalue weighted by Gasteiger charge is -2.26. The van der Waals surface area contributed by atoms with E-state index in [9.17, 15) is 5.11 Å². The molecule has 0 saturated heterocycles. The summed E-state index contributed by atoms with van der Waals surface area (Å²) in [7, 11) is 0. The summed E-state index contributed by atoms with van der Waals surface area (Å²) in [6.45, 7) is 5.67. The van der Waals surface area contributed by atoms with Gasteiger partial charge in [0.2, 0.25) is 0 Å². The van der Waals surface area contributed by atoms with E-state index in [-0.39, 0.29) is 12.5 Å². The van der Waals surface area contributed by atoms with Crippen molar-refractivity contribution in [2.45, 2.75) is 26.6 Å². The zero-order valence-corrected chi connectivity index (χ0v) is 15.3. The van der Waals surface area contributed by atoms with Gasteiger partial charge in [-0.15, -0.1) is 0 Å². The predicted octanol–water partition coefficient (Wildman–Crippen LogP) is 3.56. The molecule has 2 aromatic carbocycles. The van der Waals surface area contributed by atoms with Crippen LogP contribution in [-0.2, 0) is 19.6 Å². The Kier molecular flexibility index (Phi) is 6.58. The van der Waals surface area contributed by atoms with Crippen LogP contribution < -0.4 is 0 Å². The quantitative estimate of drug-likeness (QED) is 0.642. The van der Waals surface area contributed by atoms with Gasteiger partial charge in [-0.3, -0.25) is 9.58 Å². The molecule has 0 saturated carbocycles. The molecule has 1 atom stereocenters. The van der Waals surface area contributed by atoms with Crippen LogP contribution in [-0.4, -0.2) is 32.9 Å². The summed E-state index contributed by atoms with van der Waals surface area (Å²) in [5, 5.41) is 13.8. The molecule has 1 N–H and O–H groups in total. The highest BCUT2D eigenvalue weighted by Crippen LogP contribution is 2.16. The third kappa shape index (κ3) is 5.28. The number of benzene rings is 2. The van der Waals surface area contributed by atoms with Crippen molar-refractivity contribution in [3.8, 4) is 0 Å². The summed E-state index contributed by atoms with van der Waals surface area (Å²) in [6, 6.07) is 21.0. The average molecular weight is 349 g/mol. The molecule has 1 unspecified atom stereocenters. The van der Waals surface area contributed by atoms with E-state index >= 15 is 0 Å². The van der Waals surface area contributed by atoms with Crippen molar-refractivity contribution in [2.24, 2.45) is 5.92 Å². The van der Waals surface area contributed by atoms with Gasteiger partial charge in [-0.2, -0.15) is 5.10 Å². The molecular formula is C22H27N3O. The lowest BCUT2D eigenvalue weighted by molar-refractivity contribution is 0.163. The molecule has 1 aromatic heterocycles. The molecule has 0 bridgehead atoms. The normalized spacial score (nSPS) is 12.4. The standard InChI is InChI=1S/C22H27N3O/c1-19(18-26)14-24(15-20-8-3-2-4-9-20)16-21-10-5-6-11-22(21)17-25-13-7-12-23-25/h2-13,19,26H,14-18H2,1H3. The molecule has 0 aliphatic heterocycles. The largest absolute Gasteiger partial charge is 0.396 e. The maximum absolute atomic E-state index is 9.50. The minimum atomic E-state index is 0.209. The maximum Gasteiger partial charge on any atom is 0.0662 e. The first-order valence-electron chi connectivity index (χ1n) is 9.16. The molecular weight excluding hydrogens is 322 g/mol. The highest BCUT2D eigenvalue weighted by Gasteiger charge is 2.13. The summed E-state index contributed by atoms with van der Waals surface area (Å²) < 4.78 is 1.96. The van der Waals surface area contributed by atoms with Crippen LogP contribution in [0.1, 0.15) is 23.6 Å². The second-order valence-corrected chi connectivity index (χ2v) is 6.92. The van der Waals surface area contributed by atoms with E-state index in [4.69, 9.17) is 0 Å². The van der Waals surface area contributed by atoms with Crippen molar-refractivity contribution in [3.63, 3.8) is 0 Å². The van der Waals surface area contributed by atoms with Crippen LogP contribution in [0.4, 0.5) is 0 Å². The Morgan fingerprint density at radius 3 is 2.38 bits per heavy atom. The monoisotopic (exact) mass is 349 g/mol. The minimum Gasteiger partial charge on any atom is -0.396 e. The van der Waals surface area contributed by atoms with Gasteiger partial charge in [-0.25, -0.2) is 0 Å². The SMILES string of the molecule is CC(CO)CN(Cc1ccccc1)Cc1ccccc1Cn1cccn1. The van der Waals surface area contributed by atoms with E-state index in [0.717, 1.165) is 26.2 Å². The first-order valence-corrected chi connectivity index (χ1v) is 9.16. The average Bonchev–Trinajstić information content (AvgIpc) is 3.17. The Balaban J connectivity index is 1.77. The van der Waals surface area contributed by atoms with Crippen LogP contribution in [0, 0.1) is 5.92 Å². The second-order valence-electron chi connectivity index (χ2n) is 6.92. The topological polar surface area (TPSA) is 41.3 Å². The summed E-state index contributed by atoms with van der Waals surface area (Å²) >= 11 is 0. The third-order valence-electron chi connectivity index (χ3n) is 4.53. The van der Waals surface area contributed by atoms with Gasteiger partial charge < -0.3 is 5.11 Å². The van der Waals surface area contributed by atoms with Crippen molar-refractivity contribution >= 4 is 0 Å². The molecule has 0 spiro atoms. The van der Waals surface area contributed by atoms with E-state index in [1.54, 1.807) is 0 Å². The Labute approximate surface area is 155 Å². The van der Waals surface area contributed by atoms with Gasteiger partial charge in [-0.1, -0.05) is 61.5 Å². The molecule has 0 aliphatic rings. The molecule has 4 nitrogen and oxygen atoms in total. The minimum absolute atomic E-state index is 0.209. The molecule has 3 rings (SSSR count). The Hall–Kier alpha value is -2.43. The van der Waals surface area contributed by atoms with Gasteiger partial charge in [0.15, 0.2) is 0 Å². The second kappa shape index (κ2) is 9.32. The van der Waals surface area contributed by atoms with E-state index in [1.165, 1.54) is 16.7 Å². The van der Waals surface area contributed by atoms with Crippen molar-refractivity contribution in [1.82, 2.24) is 14.7 Å². The molecule has 0 radical (unpaired) electrons. The molecule has 4 heteroatoms. The summed E-state index contributed by atoms with van der Waals surface area (Å²) in [4.78, 5) is 2.41. The van der Waals surface area contributed by atoms with Crippen molar-refractivity contribution < 1.29 is 5.11 Å². The Bertz CT molecular complexity index is 771. The van der Waals surface area contributed by atoms with Gasteiger partial charge in [-0.05, 0) is 28.7 Å². The van der Waals surface area contributed by atoms with Crippen LogP contribution in [0.15, 0.2) is 73.1 Å². The molecule has 1 heterocycles. The molecule has 136 valence electrons. The molecule has 3 aromatic rings. The Morgan fingerprint density at radius 1 is 0.962 bits per heavy atom. The van der Waals surface area contributed by atoms with E-state index < -0.39 is 0 Å². The van der Waals surface area contributed by atoms with E-state index in [1.807, 2.05) is 29.2 Å². The van der Waals surface area contributed by atoms with Gasteiger partial charge in [0, 0.05) is 38.6 Å². The fourth-order valence-electron chi connectivity index (χ4n) is 3.20. The van der Waals surface area contributed by atoms with Gasteiger partial charge in [0.05, 0.1) is 6.54 Å². The molecule has 0 fully saturated rings. The third-order valence-corrected chi connectivity index (χ3v) is 4.53. The van der Waals surface area contributed by atoms with Gasteiger partial charge in [0.25, 0.3) is 0 Å². The number of hydrogen-bond acceptors (Lipinski definition) is 3. The number of aliphatic hydroxyl groups is 1. The smallest absolute Gasteiger partial charge is 0.0662 e. The summed E-state index contributed by atoms with van der Waals surface area (Å²) in [5.41, 5.74) is 3.89. The van der Waals surface area contributed by atoms with Crippen LogP contribution in [0.25, 0.3) is 0 Å². The summed E-state index contributed by atoms with van der Waals surface area (Å²) in [5.74, 6) is 0.247. The number of hydrogen-bond donors (Lipinski definition) is 1. The van der Waals surface area contributed by atoms with Gasteiger partial charge in [0.1, 0.15) is 0 Å². The lowest BCUT2D eigenvalue weighted by atomic mass is 10.1. The number of aromatic nitrogens is 2. The lowest BCUT2D eigenvalue weighted by Crippen LogP contribution is -2.29. The van der Waals surface area contributed by atoms with E-state index in [0.29, 0.717) is 0 Å². The van der Waals surface area contributed by atoms with E-state index in [2.05, 4.69) is 65.5 Å². The number of aliphatic hydroxyl groups excluding tert-OH is 1. The molecule has 0 aliphatic carbocycles. The van der Waals surface area contributed by atoms with Crippen LogP contribution >= 0.6 is 0 Å². The first kappa shape index (κ1) is 18.4. The van der Waals surface area contributed by atoms with Crippen molar-refractivity contribution in [3.05, 3.63) is 89.7 Å². The fraction of sp³-hybridized carbons (Fsp3) is 0.318. The fourth-order valence-corrected chi connectivity index (χ4v) is 3.20. The van der Waals surface area contributed by atoms with Crippen molar-refractivity contribution in [2.75, 3.05) is 13.2 Å². The predicted molar refractivity (Wildman–Crippen MR) is 105 cm³/mol. The highest BCUT2D eigenvalue weighted by molar-refractivity contribution is 5.27. The number of rotatable bonds is 9. The Morgan fingerprint density at radius 2 is 1.69 bits per heavy atom. The highest BCUT2D eigenvalue weighted by atomic mass is 16.3. The van der Waals surface area contributed by atoms with Crippen LogP contribution in [0.2, 0.25) is 0 Å². The molecule has 0 amide bonds. The van der Waals surface area contributed by atoms with Crippen LogP contribution in [0.3, 0.4) is 0 Å². The zero-order chi connectivity index (χ0) is 18.2.